The number of guanidine groups is 1. The second kappa shape index (κ2) is 11.7. The van der Waals surface area contributed by atoms with Crippen molar-refractivity contribution < 1.29 is 9.47 Å². The summed E-state index contributed by atoms with van der Waals surface area (Å²) in [5.41, 5.74) is 1.28. The van der Waals surface area contributed by atoms with Crippen LogP contribution in [0.3, 0.4) is 0 Å². The van der Waals surface area contributed by atoms with E-state index in [-0.39, 0.29) is 5.41 Å². The lowest BCUT2D eigenvalue weighted by molar-refractivity contribution is 0.0203. The summed E-state index contributed by atoms with van der Waals surface area (Å²) in [5, 5.41) is 6.82. The van der Waals surface area contributed by atoms with Gasteiger partial charge in [-0.05, 0) is 36.8 Å². The molecule has 6 heteroatoms. The maximum absolute atomic E-state index is 5.81. The summed E-state index contributed by atoms with van der Waals surface area (Å²) >= 11 is 3.66. The van der Waals surface area contributed by atoms with Crippen LogP contribution in [0.15, 0.2) is 33.7 Å². The average molecular weight is 440 g/mol. The molecule has 1 aromatic carbocycles. The van der Waals surface area contributed by atoms with E-state index >= 15 is 0 Å². The van der Waals surface area contributed by atoms with E-state index in [1.807, 2.05) is 13.1 Å². The molecule has 1 aliphatic rings. The Kier molecular flexibility index (Phi) is 9.59. The Hall–Kier alpha value is -1.11. The van der Waals surface area contributed by atoms with Gasteiger partial charge >= 0.3 is 0 Å². The predicted molar refractivity (Wildman–Crippen MR) is 116 cm³/mol. The molecule has 0 amide bonds. The van der Waals surface area contributed by atoms with Gasteiger partial charge in [-0.2, -0.15) is 0 Å². The lowest BCUT2D eigenvalue weighted by Gasteiger charge is -2.28. The molecule has 27 heavy (non-hydrogen) atoms. The number of nitrogens with zero attached hydrogens (tertiary/aromatic N) is 1. The molecule has 0 atom stereocenters. The monoisotopic (exact) mass is 439 g/mol. The molecule has 2 N–H and O–H groups in total. The zero-order chi connectivity index (χ0) is 19.5. The van der Waals surface area contributed by atoms with Crippen molar-refractivity contribution in [3.8, 4) is 0 Å². The minimum atomic E-state index is -0.00939. The molecule has 1 heterocycles. The number of nitrogens with one attached hydrogen (secondary N) is 2. The van der Waals surface area contributed by atoms with Crippen molar-refractivity contribution in [3.63, 3.8) is 0 Å². The zero-order valence-corrected chi connectivity index (χ0v) is 18.5. The highest BCUT2D eigenvalue weighted by Gasteiger charge is 2.23. The Morgan fingerprint density at radius 1 is 1.26 bits per heavy atom. The van der Waals surface area contributed by atoms with E-state index in [4.69, 9.17) is 9.47 Å². The fraction of sp³-hybridized carbons (Fsp3) is 0.667. The van der Waals surface area contributed by atoms with Crippen LogP contribution >= 0.6 is 15.9 Å². The SMILES string of the molecule is CN=C(NCCCOCC1CCOCC1)NCC(C)(C)c1ccccc1Br. The van der Waals surface area contributed by atoms with E-state index in [0.717, 1.165) is 69.2 Å². The van der Waals surface area contributed by atoms with Gasteiger partial charge in [-0.25, -0.2) is 0 Å². The van der Waals surface area contributed by atoms with Gasteiger partial charge in [0.05, 0.1) is 0 Å². The molecule has 1 saturated heterocycles. The summed E-state index contributed by atoms with van der Waals surface area (Å²) in [7, 11) is 1.81. The van der Waals surface area contributed by atoms with E-state index < -0.39 is 0 Å². The summed E-state index contributed by atoms with van der Waals surface area (Å²) in [6.45, 7) is 9.52. The second-order valence-electron chi connectivity index (χ2n) is 7.70. The van der Waals surface area contributed by atoms with E-state index in [1.54, 1.807) is 0 Å². The molecular weight excluding hydrogens is 406 g/mol. The largest absolute Gasteiger partial charge is 0.381 e. The van der Waals surface area contributed by atoms with Gasteiger partial charge in [-0.1, -0.05) is 48.0 Å². The van der Waals surface area contributed by atoms with Crippen LogP contribution in [0.25, 0.3) is 0 Å². The van der Waals surface area contributed by atoms with Crippen LogP contribution in [0.4, 0.5) is 0 Å². The Labute approximate surface area is 172 Å². The molecule has 5 nitrogen and oxygen atoms in total. The maximum atomic E-state index is 5.81. The van der Waals surface area contributed by atoms with Crippen LogP contribution in [0.1, 0.15) is 38.7 Å². The van der Waals surface area contributed by atoms with Crippen LogP contribution in [-0.4, -0.2) is 52.5 Å². The zero-order valence-electron chi connectivity index (χ0n) is 16.9. The molecule has 1 aliphatic heterocycles. The number of rotatable bonds is 9. The van der Waals surface area contributed by atoms with Crippen molar-refractivity contribution in [2.45, 2.75) is 38.5 Å². The van der Waals surface area contributed by atoms with E-state index in [1.165, 1.54) is 5.56 Å². The molecule has 0 saturated carbocycles. The van der Waals surface area contributed by atoms with Crippen LogP contribution in [0.5, 0.6) is 0 Å². The van der Waals surface area contributed by atoms with Crippen molar-refractivity contribution in [2.24, 2.45) is 10.9 Å². The van der Waals surface area contributed by atoms with Crippen molar-refractivity contribution >= 4 is 21.9 Å². The van der Waals surface area contributed by atoms with Crippen LogP contribution in [-0.2, 0) is 14.9 Å². The minimum absolute atomic E-state index is 0.00939. The standard InChI is InChI=1S/C21H34BrN3O2/c1-21(2,18-7-4-5-8-19(18)22)16-25-20(23-3)24-11-6-12-27-15-17-9-13-26-14-10-17/h4-5,7-8,17H,6,9-16H2,1-3H3,(H2,23,24,25). The molecule has 0 aromatic heterocycles. The molecular formula is C21H34BrN3O2. The summed E-state index contributed by atoms with van der Waals surface area (Å²) in [5.74, 6) is 1.50. The normalized spacial score (nSPS) is 16.4. The highest BCUT2D eigenvalue weighted by molar-refractivity contribution is 9.10. The topological polar surface area (TPSA) is 54.9 Å². The van der Waals surface area contributed by atoms with Gasteiger partial charge in [0.1, 0.15) is 0 Å². The van der Waals surface area contributed by atoms with Gasteiger partial charge in [0.25, 0.3) is 0 Å². The van der Waals surface area contributed by atoms with E-state index in [9.17, 15) is 0 Å². The number of hydrogen-bond acceptors (Lipinski definition) is 3. The molecule has 1 aromatic rings. The summed E-state index contributed by atoms with van der Waals surface area (Å²) in [4.78, 5) is 4.33. The molecule has 152 valence electrons. The van der Waals surface area contributed by atoms with Crippen molar-refractivity contribution in [1.29, 1.82) is 0 Å². The van der Waals surface area contributed by atoms with E-state index in [0.29, 0.717) is 5.92 Å². The third-order valence-corrected chi connectivity index (χ3v) is 5.67. The fourth-order valence-corrected chi connectivity index (χ4v) is 4.00. The Bertz CT molecular complexity index is 587. The lowest BCUT2D eigenvalue weighted by Crippen LogP contribution is -2.44. The number of aliphatic imine (C=N–C) groups is 1. The smallest absolute Gasteiger partial charge is 0.191 e. The van der Waals surface area contributed by atoms with Crippen molar-refractivity contribution in [1.82, 2.24) is 10.6 Å². The molecule has 1 fully saturated rings. The first-order chi connectivity index (χ1) is 13.0. The molecule has 0 unspecified atom stereocenters. The van der Waals surface area contributed by atoms with E-state index in [2.05, 4.69) is 63.6 Å². The first-order valence-corrected chi connectivity index (χ1v) is 10.7. The highest BCUT2D eigenvalue weighted by atomic mass is 79.9. The fourth-order valence-electron chi connectivity index (χ4n) is 3.17. The van der Waals surface area contributed by atoms with Crippen molar-refractivity contribution in [3.05, 3.63) is 34.3 Å². The predicted octanol–water partition coefficient (Wildman–Crippen LogP) is 3.73. The number of hydrogen-bond donors (Lipinski definition) is 2. The number of ether oxygens (including phenoxy) is 2. The van der Waals surface area contributed by atoms with Gasteiger partial charge in [-0.3, -0.25) is 4.99 Å². The van der Waals surface area contributed by atoms with Crippen LogP contribution < -0.4 is 10.6 Å². The van der Waals surface area contributed by atoms with Crippen LogP contribution in [0.2, 0.25) is 0 Å². The second-order valence-corrected chi connectivity index (χ2v) is 8.55. The number of halogens is 1. The molecule has 0 radical (unpaired) electrons. The summed E-state index contributed by atoms with van der Waals surface area (Å²) in [6.07, 6.45) is 3.22. The van der Waals surface area contributed by atoms with Gasteiger partial charge in [-0.15, -0.1) is 0 Å². The Morgan fingerprint density at radius 2 is 2.00 bits per heavy atom. The molecule has 0 aliphatic carbocycles. The van der Waals surface area contributed by atoms with Gasteiger partial charge in [0.2, 0.25) is 0 Å². The molecule has 0 bridgehead atoms. The quantitative estimate of drug-likeness (QED) is 0.349. The Morgan fingerprint density at radius 3 is 2.70 bits per heavy atom. The first kappa shape index (κ1) is 22.2. The number of benzene rings is 1. The summed E-state index contributed by atoms with van der Waals surface area (Å²) in [6, 6.07) is 8.37. The minimum Gasteiger partial charge on any atom is -0.381 e. The molecule has 0 spiro atoms. The summed E-state index contributed by atoms with van der Waals surface area (Å²) < 4.78 is 12.3. The first-order valence-electron chi connectivity index (χ1n) is 9.88. The average Bonchev–Trinajstić information content (AvgIpc) is 2.68. The lowest BCUT2D eigenvalue weighted by atomic mass is 9.84. The van der Waals surface area contributed by atoms with Crippen LogP contribution in [0, 0.1) is 5.92 Å². The van der Waals surface area contributed by atoms with Gasteiger partial charge in [0.15, 0.2) is 5.96 Å². The third-order valence-electron chi connectivity index (χ3n) is 4.98. The van der Waals surface area contributed by atoms with Crippen molar-refractivity contribution in [2.75, 3.05) is 46.6 Å². The van der Waals surface area contributed by atoms with Gasteiger partial charge < -0.3 is 20.1 Å². The van der Waals surface area contributed by atoms with Gasteiger partial charge in [0, 0.05) is 56.5 Å². The third kappa shape index (κ3) is 7.80. The highest BCUT2D eigenvalue weighted by Crippen LogP contribution is 2.29. The Balaban J connectivity index is 1.63. The molecule has 2 rings (SSSR count). The maximum Gasteiger partial charge on any atom is 0.191 e.